The first-order chi connectivity index (χ1) is 15.2. The van der Waals surface area contributed by atoms with Gasteiger partial charge in [0.2, 0.25) is 12.2 Å². The standard InChI is InChI=1S/C25H29FN2O3/c26-21-9-5-18(6-10-21)3-1-4-24(29)28-14-2-13-27-17-22-11-7-19-8-12-23-20(15-19)16-25(30-22)31-23/h1,3,5-6,8-10,12,15,22,25,27H,2,4,7,11,13-14,16-17H2,(H,28,29)/b3-1+. The normalized spacial score (nSPS) is 19.6. The second-order valence-corrected chi connectivity index (χ2v) is 8.06. The Bertz CT molecular complexity index is 913. The Morgan fingerprint density at radius 1 is 1.16 bits per heavy atom. The van der Waals surface area contributed by atoms with Crippen LogP contribution in [0.4, 0.5) is 4.39 Å². The third kappa shape index (κ3) is 6.39. The molecule has 3 bridgehead atoms. The molecule has 2 heterocycles. The maximum atomic E-state index is 12.9. The van der Waals surface area contributed by atoms with Crippen LogP contribution in [0.5, 0.6) is 5.75 Å². The van der Waals surface area contributed by atoms with Crippen molar-refractivity contribution >= 4 is 12.0 Å². The van der Waals surface area contributed by atoms with Crippen molar-refractivity contribution in [2.24, 2.45) is 0 Å². The summed E-state index contributed by atoms with van der Waals surface area (Å²) in [6, 6.07) is 12.6. The number of amides is 1. The number of halogens is 1. The molecule has 4 rings (SSSR count). The number of carbonyl (C=O) groups excluding carboxylic acids is 1. The van der Waals surface area contributed by atoms with E-state index in [0.29, 0.717) is 13.0 Å². The molecule has 2 atom stereocenters. The quantitative estimate of drug-likeness (QED) is 0.604. The van der Waals surface area contributed by atoms with E-state index >= 15 is 0 Å². The fourth-order valence-corrected chi connectivity index (χ4v) is 3.91. The maximum Gasteiger partial charge on any atom is 0.223 e. The van der Waals surface area contributed by atoms with Gasteiger partial charge < -0.3 is 20.1 Å². The Morgan fingerprint density at radius 2 is 2.03 bits per heavy atom. The minimum atomic E-state index is -0.264. The van der Waals surface area contributed by atoms with Gasteiger partial charge in [0.25, 0.3) is 0 Å². The van der Waals surface area contributed by atoms with Crippen molar-refractivity contribution < 1.29 is 18.7 Å². The highest BCUT2D eigenvalue weighted by molar-refractivity contribution is 5.78. The van der Waals surface area contributed by atoms with Crippen molar-refractivity contribution in [1.82, 2.24) is 10.6 Å². The number of benzene rings is 2. The summed E-state index contributed by atoms with van der Waals surface area (Å²) >= 11 is 0. The molecule has 0 aromatic heterocycles. The average Bonchev–Trinajstić information content (AvgIpc) is 3.19. The summed E-state index contributed by atoms with van der Waals surface area (Å²) in [5.41, 5.74) is 3.47. The molecule has 31 heavy (non-hydrogen) atoms. The van der Waals surface area contributed by atoms with Crippen molar-refractivity contribution in [2.75, 3.05) is 19.6 Å². The van der Waals surface area contributed by atoms with Crippen LogP contribution in [0.15, 0.2) is 48.5 Å². The van der Waals surface area contributed by atoms with Crippen molar-refractivity contribution in [2.45, 2.75) is 44.5 Å². The van der Waals surface area contributed by atoms with Crippen LogP contribution in [0.3, 0.4) is 0 Å². The van der Waals surface area contributed by atoms with Crippen LogP contribution < -0.4 is 15.4 Å². The minimum Gasteiger partial charge on any atom is -0.464 e. The third-order valence-electron chi connectivity index (χ3n) is 5.58. The molecule has 2 aromatic carbocycles. The molecule has 0 radical (unpaired) electrons. The molecule has 0 fully saturated rings. The molecule has 2 aliphatic heterocycles. The van der Waals surface area contributed by atoms with Crippen LogP contribution in [0.1, 0.15) is 36.0 Å². The van der Waals surface area contributed by atoms with Gasteiger partial charge in [-0.3, -0.25) is 4.79 Å². The smallest absolute Gasteiger partial charge is 0.223 e. The molecule has 0 spiro atoms. The molecular formula is C25H29FN2O3. The fourth-order valence-electron chi connectivity index (χ4n) is 3.91. The zero-order chi connectivity index (χ0) is 21.5. The van der Waals surface area contributed by atoms with Gasteiger partial charge in [0.15, 0.2) is 0 Å². The lowest BCUT2D eigenvalue weighted by Crippen LogP contribution is -2.35. The number of carbonyl (C=O) groups is 1. The minimum absolute atomic E-state index is 0.0164. The van der Waals surface area contributed by atoms with Crippen LogP contribution in [-0.2, 0) is 22.4 Å². The lowest BCUT2D eigenvalue weighted by Gasteiger charge is -2.23. The summed E-state index contributed by atoms with van der Waals surface area (Å²) in [6.45, 7) is 2.21. The third-order valence-corrected chi connectivity index (χ3v) is 5.58. The number of aryl methyl sites for hydroxylation is 1. The van der Waals surface area contributed by atoms with E-state index in [1.54, 1.807) is 18.2 Å². The van der Waals surface area contributed by atoms with Gasteiger partial charge in [0.1, 0.15) is 11.6 Å². The van der Waals surface area contributed by atoms with Gasteiger partial charge in [-0.2, -0.15) is 0 Å². The molecule has 164 valence electrons. The number of ether oxygens (including phenoxy) is 2. The largest absolute Gasteiger partial charge is 0.464 e. The van der Waals surface area contributed by atoms with Crippen molar-refractivity contribution in [3.05, 3.63) is 71.0 Å². The fraction of sp³-hybridized carbons (Fsp3) is 0.400. The summed E-state index contributed by atoms with van der Waals surface area (Å²) in [7, 11) is 0. The van der Waals surface area contributed by atoms with Gasteiger partial charge in [0, 0.05) is 31.5 Å². The van der Waals surface area contributed by atoms with Gasteiger partial charge in [0.05, 0.1) is 6.10 Å². The van der Waals surface area contributed by atoms with E-state index in [2.05, 4.69) is 28.8 Å². The van der Waals surface area contributed by atoms with Gasteiger partial charge in [-0.1, -0.05) is 36.4 Å². The predicted molar refractivity (Wildman–Crippen MR) is 118 cm³/mol. The van der Waals surface area contributed by atoms with Crippen LogP contribution in [0.25, 0.3) is 6.08 Å². The summed E-state index contributed by atoms with van der Waals surface area (Å²) < 4.78 is 24.9. The molecule has 0 aliphatic carbocycles. The first-order valence-electron chi connectivity index (χ1n) is 11.0. The SMILES string of the molecule is O=C(C/C=C/c1ccc(F)cc1)NCCCNCC1CCc2ccc3c(c2)CC(O3)O1. The second kappa shape index (κ2) is 10.6. The van der Waals surface area contributed by atoms with Crippen molar-refractivity contribution in [1.29, 1.82) is 0 Å². The molecule has 2 aromatic rings. The highest BCUT2D eigenvalue weighted by atomic mass is 19.1. The maximum absolute atomic E-state index is 12.9. The summed E-state index contributed by atoms with van der Waals surface area (Å²) in [6.07, 6.45) is 7.50. The molecule has 6 heteroatoms. The number of hydrogen-bond donors (Lipinski definition) is 2. The van der Waals surface area contributed by atoms with Crippen LogP contribution in [0, 0.1) is 5.82 Å². The van der Waals surface area contributed by atoms with E-state index < -0.39 is 0 Å². The molecule has 2 N–H and O–H groups in total. The second-order valence-electron chi connectivity index (χ2n) is 8.06. The lowest BCUT2D eigenvalue weighted by molar-refractivity contribution is -0.120. The van der Waals surface area contributed by atoms with E-state index in [0.717, 1.165) is 50.1 Å². The Hall–Kier alpha value is -2.70. The lowest BCUT2D eigenvalue weighted by atomic mass is 10.0. The molecule has 2 unspecified atom stereocenters. The van der Waals surface area contributed by atoms with Crippen LogP contribution in [0.2, 0.25) is 0 Å². The van der Waals surface area contributed by atoms with Crippen molar-refractivity contribution in [3.63, 3.8) is 0 Å². The first-order valence-corrected chi connectivity index (χ1v) is 11.0. The topological polar surface area (TPSA) is 59.6 Å². The molecule has 0 saturated heterocycles. The van der Waals surface area contributed by atoms with Gasteiger partial charge in [-0.05, 0) is 55.1 Å². The number of nitrogens with one attached hydrogen (secondary N) is 2. The Kier molecular flexibility index (Phi) is 7.33. The Balaban J connectivity index is 1.08. The predicted octanol–water partition coefficient (Wildman–Crippen LogP) is 3.62. The molecule has 2 aliphatic rings. The molecule has 0 saturated carbocycles. The molecule has 5 nitrogen and oxygen atoms in total. The number of rotatable bonds is 9. The van der Waals surface area contributed by atoms with Crippen molar-refractivity contribution in [3.8, 4) is 5.75 Å². The monoisotopic (exact) mass is 424 g/mol. The van der Waals surface area contributed by atoms with Gasteiger partial charge in [-0.25, -0.2) is 4.39 Å². The van der Waals surface area contributed by atoms with E-state index in [-0.39, 0.29) is 24.1 Å². The van der Waals surface area contributed by atoms with E-state index in [1.807, 2.05) is 6.08 Å². The summed E-state index contributed by atoms with van der Waals surface area (Å²) in [5, 5.41) is 6.36. The van der Waals surface area contributed by atoms with Crippen LogP contribution >= 0.6 is 0 Å². The van der Waals surface area contributed by atoms with Gasteiger partial charge in [-0.15, -0.1) is 0 Å². The molecular weight excluding hydrogens is 395 g/mol. The Labute approximate surface area is 182 Å². The zero-order valence-corrected chi connectivity index (χ0v) is 17.6. The van der Waals surface area contributed by atoms with Crippen LogP contribution in [-0.4, -0.2) is 37.9 Å². The summed E-state index contributed by atoms with van der Waals surface area (Å²) in [4.78, 5) is 11.9. The molecule has 1 amide bonds. The van der Waals surface area contributed by atoms with Gasteiger partial charge >= 0.3 is 0 Å². The number of hydrogen-bond acceptors (Lipinski definition) is 4. The van der Waals surface area contributed by atoms with E-state index in [1.165, 1.54) is 23.3 Å². The summed E-state index contributed by atoms with van der Waals surface area (Å²) in [5.74, 6) is 0.670. The average molecular weight is 425 g/mol. The Morgan fingerprint density at radius 3 is 2.90 bits per heavy atom. The zero-order valence-electron chi connectivity index (χ0n) is 17.6. The van der Waals surface area contributed by atoms with E-state index in [4.69, 9.17) is 9.47 Å². The first kappa shape index (κ1) is 21.5. The number of fused-ring (bicyclic) bond motifs is 2. The van der Waals surface area contributed by atoms with E-state index in [9.17, 15) is 9.18 Å². The highest BCUT2D eigenvalue weighted by Crippen LogP contribution is 2.32. The highest BCUT2D eigenvalue weighted by Gasteiger charge is 2.28.